The van der Waals surface area contributed by atoms with E-state index in [4.69, 9.17) is 5.73 Å². The number of carbonyl (C=O) groups is 1. The van der Waals surface area contributed by atoms with Crippen molar-refractivity contribution in [3.63, 3.8) is 0 Å². The van der Waals surface area contributed by atoms with Crippen molar-refractivity contribution in [1.29, 1.82) is 0 Å². The first-order valence-electron chi connectivity index (χ1n) is 3.29. The SMILES string of the molecule is Nc1cc(C(=O)CBr)ccc1Br. The van der Waals surface area contributed by atoms with Gasteiger partial charge in [-0.3, -0.25) is 4.79 Å². The minimum absolute atomic E-state index is 0.0363. The van der Waals surface area contributed by atoms with Crippen LogP contribution in [0.3, 0.4) is 0 Å². The van der Waals surface area contributed by atoms with Crippen LogP contribution >= 0.6 is 31.9 Å². The molecule has 0 saturated carbocycles. The molecule has 0 aliphatic carbocycles. The Morgan fingerprint density at radius 1 is 1.50 bits per heavy atom. The van der Waals surface area contributed by atoms with Gasteiger partial charge in [-0.1, -0.05) is 22.0 Å². The van der Waals surface area contributed by atoms with Crippen LogP contribution in [0.5, 0.6) is 0 Å². The minimum Gasteiger partial charge on any atom is -0.398 e. The van der Waals surface area contributed by atoms with Crippen molar-refractivity contribution < 1.29 is 4.79 Å². The Hall–Kier alpha value is -0.350. The summed E-state index contributed by atoms with van der Waals surface area (Å²) < 4.78 is 0.814. The first kappa shape index (κ1) is 9.74. The molecule has 0 spiro atoms. The zero-order valence-corrected chi connectivity index (χ0v) is 9.35. The Labute approximate surface area is 87.4 Å². The van der Waals surface area contributed by atoms with Gasteiger partial charge in [0.05, 0.1) is 5.33 Å². The quantitative estimate of drug-likeness (QED) is 0.517. The molecule has 64 valence electrons. The average Bonchev–Trinajstić information content (AvgIpc) is 2.08. The van der Waals surface area contributed by atoms with Crippen molar-refractivity contribution in [3.8, 4) is 0 Å². The van der Waals surface area contributed by atoms with Gasteiger partial charge in [0, 0.05) is 15.7 Å². The van der Waals surface area contributed by atoms with Gasteiger partial charge in [0.25, 0.3) is 0 Å². The maximum atomic E-state index is 11.2. The molecule has 2 nitrogen and oxygen atoms in total. The van der Waals surface area contributed by atoms with Crippen LogP contribution in [-0.4, -0.2) is 11.1 Å². The van der Waals surface area contributed by atoms with Crippen molar-refractivity contribution in [3.05, 3.63) is 28.2 Å². The Balaban J connectivity index is 3.05. The largest absolute Gasteiger partial charge is 0.398 e. The van der Waals surface area contributed by atoms with Gasteiger partial charge >= 0.3 is 0 Å². The minimum atomic E-state index is 0.0363. The zero-order chi connectivity index (χ0) is 9.14. The molecule has 1 rings (SSSR count). The van der Waals surface area contributed by atoms with Crippen molar-refractivity contribution in [2.24, 2.45) is 0 Å². The number of benzene rings is 1. The second-order valence-electron chi connectivity index (χ2n) is 2.29. The molecule has 1 aromatic carbocycles. The number of rotatable bonds is 2. The Morgan fingerprint density at radius 3 is 2.67 bits per heavy atom. The highest BCUT2D eigenvalue weighted by Gasteiger charge is 2.04. The first-order valence-corrected chi connectivity index (χ1v) is 5.21. The maximum absolute atomic E-state index is 11.2. The van der Waals surface area contributed by atoms with Gasteiger partial charge in [-0.25, -0.2) is 0 Å². The molecule has 0 radical (unpaired) electrons. The van der Waals surface area contributed by atoms with Gasteiger partial charge in [0.2, 0.25) is 0 Å². The summed E-state index contributed by atoms with van der Waals surface area (Å²) in [7, 11) is 0. The fourth-order valence-corrected chi connectivity index (χ4v) is 1.36. The van der Waals surface area contributed by atoms with Gasteiger partial charge in [-0.15, -0.1) is 0 Å². The monoisotopic (exact) mass is 291 g/mol. The maximum Gasteiger partial charge on any atom is 0.173 e. The third kappa shape index (κ3) is 2.08. The van der Waals surface area contributed by atoms with E-state index in [0.29, 0.717) is 16.6 Å². The molecule has 0 saturated heterocycles. The summed E-state index contributed by atoms with van der Waals surface area (Å²) in [5.74, 6) is 0.0363. The molecule has 0 fully saturated rings. The van der Waals surface area contributed by atoms with Crippen molar-refractivity contribution in [2.45, 2.75) is 0 Å². The van der Waals surface area contributed by atoms with Crippen LogP contribution < -0.4 is 5.73 Å². The van der Waals surface area contributed by atoms with Crippen LogP contribution in [0, 0.1) is 0 Å². The van der Waals surface area contributed by atoms with Gasteiger partial charge in [0.1, 0.15) is 0 Å². The lowest BCUT2D eigenvalue weighted by molar-refractivity contribution is 0.102. The standard InChI is InChI=1S/C8H7Br2NO/c9-4-8(12)5-1-2-6(10)7(11)3-5/h1-3H,4,11H2. The predicted octanol–water partition coefficient (Wildman–Crippen LogP) is 2.61. The number of anilines is 1. The van der Waals surface area contributed by atoms with Crippen LogP contribution in [0.1, 0.15) is 10.4 Å². The molecule has 0 unspecified atom stereocenters. The van der Waals surface area contributed by atoms with Gasteiger partial charge in [-0.05, 0) is 28.1 Å². The highest BCUT2D eigenvalue weighted by molar-refractivity contribution is 9.10. The fourth-order valence-electron chi connectivity index (χ4n) is 0.794. The summed E-state index contributed by atoms with van der Waals surface area (Å²) in [4.78, 5) is 11.2. The smallest absolute Gasteiger partial charge is 0.173 e. The van der Waals surface area contributed by atoms with Crippen LogP contribution in [0.2, 0.25) is 0 Å². The molecule has 12 heavy (non-hydrogen) atoms. The number of nitrogens with two attached hydrogens (primary N) is 1. The van der Waals surface area contributed by atoms with E-state index in [2.05, 4.69) is 31.9 Å². The summed E-state index contributed by atoms with van der Waals surface area (Å²) >= 11 is 6.34. The average molecular weight is 293 g/mol. The second-order valence-corrected chi connectivity index (χ2v) is 3.71. The topological polar surface area (TPSA) is 43.1 Å². The summed E-state index contributed by atoms with van der Waals surface area (Å²) in [6, 6.07) is 5.17. The molecule has 2 N–H and O–H groups in total. The van der Waals surface area contributed by atoms with Crippen LogP contribution in [0.15, 0.2) is 22.7 Å². The number of ketones is 1. The van der Waals surface area contributed by atoms with Gasteiger partial charge < -0.3 is 5.73 Å². The van der Waals surface area contributed by atoms with Crippen LogP contribution in [0.4, 0.5) is 5.69 Å². The van der Waals surface area contributed by atoms with E-state index in [1.807, 2.05) is 0 Å². The number of hydrogen-bond acceptors (Lipinski definition) is 2. The molecule has 0 aromatic heterocycles. The molecule has 0 aliphatic rings. The van der Waals surface area contributed by atoms with E-state index in [1.54, 1.807) is 18.2 Å². The summed E-state index contributed by atoms with van der Waals surface area (Å²) in [5, 5.41) is 0.327. The Kier molecular flexibility index (Phi) is 3.29. The van der Waals surface area contributed by atoms with Crippen LogP contribution in [0.25, 0.3) is 0 Å². The lowest BCUT2D eigenvalue weighted by atomic mass is 10.1. The molecular weight excluding hydrogens is 286 g/mol. The molecule has 1 aromatic rings. The third-order valence-corrected chi connectivity index (χ3v) is 2.67. The third-order valence-electron chi connectivity index (χ3n) is 1.44. The van der Waals surface area contributed by atoms with E-state index < -0.39 is 0 Å². The fraction of sp³-hybridized carbons (Fsp3) is 0.125. The highest BCUT2D eigenvalue weighted by atomic mass is 79.9. The molecule has 0 amide bonds. The van der Waals surface area contributed by atoms with E-state index >= 15 is 0 Å². The van der Waals surface area contributed by atoms with Gasteiger partial charge in [-0.2, -0.15) is 0 Å². The number of Topliss-reactive ketones (excluding diaryl/α,β-unsaturated/α-hetero) is 1. The van der Waals surface area contributed by atoms with E-state index in [1.165, 1.54) is 0 Å². The number of alkyl halides is 1. The molecule has 4 heteroatoms. The van der Waals surface area contributed by atoms with E-state index in [9.17, 15) is 4.79 Å². The highest BCUT2D eigenvalue weighted by Crippen LogP contribution is 2.20. The molecule has 0 bridgehead atoms. The number of hydrogen-bond donors (Lipinski definition) is 1. The first-order chi connectivity index (χ1) is 5.65. The number of nitrogen functional groups attached to an aromatic ring is 1. The van der Waals surface area contributed by atoms with Gasteiger partial charge in [0.15, 0.2) is 5.78 Å². The number of carbonyl (C=O) groups excluding carboxylic acids is 1. The molecule has 0 heterocycles. The Bertz CT molecular complexity index is 312. The number of halogens is 2. The second kappa shape index (κ2) is 4.05. The lowest BCUT2D eigenvalue weighted by Gasteiger charge is -2.00. The molecular formula is C8H7Br2NO. The molecule has 0 aliphatic heterocycles. The van der Waals surface area contributed by atoms with Crippen molar-refractivity contribution >= 4 is 43.3 Å². The summed E-state index contributed by atoms with van der Waals surface area (Å²) in [6.45, 7) is 0. The summed E-state index contributed by atoms with van der Waals surface area (Å²) in [5.41, 5.74) is 6.82. The van der Waals surface area contributed by atoms with E-state index in [0.717, 1.165) is 4.47 Å². The molecule has 0 atom stereocenters. The van der Waals surface area contributed by atoms with Crippen molar-refractivity contribution in [2.75, 3.05) is 11.1 Å². The summed E-state index contributed by atoms with van der Waals surface area (Å²) in [6.07, 6.45) is 0. The predicted molar refractivity (Wildman–Crippen MR) is 56.7 cm³/mol. The Morgan fingerprint density at radius 2 is 2.17 bits per heavy atom. The van der Waals surface area contributed by atoms with Crippen LogP contribution in [-0.2, 0) is 0 Å². The normalized spacial score (nSPS) is 9.83. The van der Waals surface area contributed by atoms with E-state index in [-0.39, 0.29) is 5.78 Å². The lowest BCUT2D eigenvalue weighted by Crippen LogP contribution is -2.00. The van der Waals surface area contributed by atoms with Crippen molar-refractivity contribution in [1.82, 2.24) is 0 Å². The zero-order valence-electron chi connectivity index (χ0n) is 6.18.